The highest BCUT2D eigenvalue weighted by Crippen LogP contribution is 2.04. The van der Waals surface area contributed by atoms with E-state index in [1.165, 1.54) is 0 Å². The van der Waals surface area contributed by atoms with Gasteiger partial charge in [0.1, 0.15) is 6.61 Å². The summed E-state index contributed by atoms with van der Waals surface area (Å²) in [6, 6.07) is 7.18. The minimum atomic E-state index is -3.18. The molecule has 0 bridgehead atoms. The summed E-state index contributed by atoms with van der Waals surface area (Å²) in [4.78, 5) is 0. The van der Waals surface area contributed by atoms with E-state index in [1.54, 1.807) is 18.2 Å². The summed E-state index contributed by atoms with van der Waals surface area (Å²) >= 11 is 0. The second kappa shape index (κ2) is 5.66. The molecule has 0 radical (unpaired) electrons. The SMILES string of the molecule is CS(=O)(=O)NCc1cccc(C#CCO)c1. The third kappa shape index (κ3) is 4.94. The maximum atomic E-state index is 10.9. The fraction of sp³-hybridized carbons (Fsp3) is 0.273. The van der Waals surface area contributed by atoms with Gasteiger partial charge in [-0.1, -0.05) is 24.0 Å². The molecule has 86 valence electrons. The monoisotopic (exact) mass is 239 g/mol. The van der Waals surface area contributed by atoms with E-state index in [1.807, 2.05) is 6.07 Å². The fourth-order valence-corrected chi connectivity index (χ4v) is 1.54. The summed E-state index contributed by atoms with van der Waals surface area (Å²) in [6.07, 6.45) is 1.11. The first-order chi connectivity index (χ1) is 7.51. The van der Waals surface area contributed by atoms with Crippen LogP contribution in [0.3, 0.4) is 0 Å². The lowest BCUT2D eigenvalue weighted by Gasteiger charge is -2.02. The van der Waals surface area contributed by atoms with Crippen LogP contribution in [0.5, 0.6) is 0 Å². The van der Waals surface area contributed by atoms with E-state index in [0.717, 1.165) is 17.4 Å². The zero-order chi connectivity index (χ0) is 12.0. The highest BCUT2D eigenvalue weighted by molar-refractivity contribution is 7.88. The molecule has 0 fully saturated rings. The Morgan fingerprint density at radius 1 is 1.44 bits per heavy atom. The van der Waals surface area contributed by atoms with Crippen molar-refractivity contribution >= 4 is 10.0 Å². The number of aliphatic hydroxyl groups excluding tert-OH is 1. The van der Waals surface area contributed by atoms with Gasteiger partial charge >= 0.3 is 0 Å². The van der Waals surface area contributed by atoms with Crippen molar-refractivity contribution in [2.24, 2.45) is 0 Å². The number of aliphatic hydroxyl groups is 1. The smallest absolute Gasteiger partial charge is 0.209 e. The largest absolute Gasteiger partial charge is 0.384 e. The van der Waals surface area contributed by atoms with Gasteiger partial charge < -0.3 is 5.11 Å². The molecule has 1 aromatic carbocycles. The summed E-state index contributed by atoms with van der Waals surface area (Å²) in [5.41, 5.74) is 1.58. The van der Waals surface area contributed by atoms with E-state index >= 15 is 0 Å². The van der Waals surface area contributed by atoms with Crippen LogP contribution in [0, 0.1) is 11.8 Å². The molecule has 0 aliphatic heterocycles. The van der Waals surface area contributed by atoms with Gasteiger partial charge in [0.15, 0.2) is 0 Å². The van der Waals surface area contributed by atoms with Crippen LogP contribution in [0.15, 0.2) is 24.3 Å². The van der Waals surface area contributed by atoms with Crippen molar-refractivity contribution in [1.82, 2.24) is 4.72 Å². The topological polar surface area (TPSA) is 66.4 Å². The van der Waals surface area contributed by atoms with Gasteiger partial charge in [0.05, 0.1) is 6.26 Å². The van der Waals surface area contributed by atoms with Crippen LogP contribution >= 0.6 is 0 Å². The molecule has 5 heteroatoms. The van der Waals surface area contributed by atoms with Crippen molar-refractivity contribution in [2.75, 3.05) is 12.9 Å². The highest BCUT2D eigenvalue weighted by Gasteiger charge is 2.00. The minimum Gasteiger partial charge on any atom is -0.384 e. The number of nitrogens with one attached hydrogen (secondary N) is 1. The molecular formula is C11H13NO3S. The molecule has 16 heavy (non-hydrogen) atoms. The third-order valence-corrected chi connectivity index (χ3v) is 2.45. The first kappa shape index (κ1) is 12.7. The van der Waals surface area contributed by atoms with Crippen LogP contribution < -0.4 is 4.72 Å². The van der Waals surface area contributed by atoms with Gasteiger partial charge in [0, 0.05) is 12.1 Å². The van der Waals surface area contributed by atoms with E-state index in [4.69, 9.17) is 5.11 Å². The summed E-state index contributed by atoms with van der Waals surface area (Å²) in [5.74, 6) is 5.29. The Morgan fingerprint density at radius 3 is 2.81 bits per heavy atom. The predicted octanol–water partition coefficient (Wildman–Crippen LogP) is 0.0796. The molecule has 0 amide bonds. The Morgan fingerprint density at radius 2 is 2.19 bits per heavy atom. The first-order valence-corrected chi connectivity index (χ1v) is 6.54. The van der Waals surface area contributed by atoms with Crippen molar-refractivity contribution in [2.45, 2.75) is 6.54 Å². The van der Waals surface area contributed by atoms with Crippen molar-refractivity contribution in [3.05, 3.63) is 35.4 Å². The van der Waals surface area contributed by atoms with Gasteiger partial charge in [-0.2, -0.15) is 0 Å². The van der Waals surface area contributed by atoms with Crippen LogP contribution in [-0.2, 0) is 16.6 Å². The second-order valence-corrected chi connectivity index (χ2v) is 5.09. The maximum Gasteiger partial charge on any atom is 0.209 e. The second-order valence-electron chi connectivity index (χ2n) is 3.25. The van der Waals surface area contributed by atoms with E-state index in [9.17, 15) is 8.42 Å². The molecule has 0 saturated carbocycles. The van der Waals surface area contributed by atoms with Gasteiger partial charge in [-0.15, -0.1) is 0 Å². The van der Waals surface area contributed by atoms with Crippen molar-refractivity contribution in [3.63, 3.8) is 0 Å². The molecule has 1 aromatic rings. The highest BCUT2D eigenvalue weighted by atomic mass is 32.2. The van der Waals surface area contributed by atoms with Crippen LogP contribution in [0.4, 0.5) is 0 Å². The Bertz CT molecular complexity index is 512. The molecule has 4 nitrogen and oxygen atoms in total. The molecule has 0 aliphatic rings. The first-order valence-electron chi connectivity index (χ1n) is 4.64. The number of sulfonamides is 1. The van der Waals surface area contributed by atoms with Gasteiger partial charge in [0.2, 0.25) is 10.0 Å². The van der Waals surface area contributed by atoms with Crippen molar-refractivity contribution in [3.8, 4) is 11.8 Å². The molecule has 0 atom stereocenters. The van der Waals surface area contributed by atoms with E-state index in [0.29, 0.717) is 0 Å². The molecule has 1 rings (SSSR count). The lowest BCUT2D eigenvalue weighted by Crippen LogP contribution is -2.21. The molecular weight excluding hydrogens is 226 g/mol. The molecule has 0 unspecified atom stereocenters. The number of hydrogen-bond donors (Lipinski definition) is 2. The van der Waals surface area contributed by atoms with Crippen molar-refractivity contribution in [1.29, 1.82) is 0 Å². The Kier molecular flexibility index (Phi) is 4.50. The molecule has 0 aromatic heterocycles. The molecule has 0 saturated heterocycles. The standard InChI is InChI=1S/C11H13NO3S/c1-16(14,15)12-9-11-5-2-4-10(8-11)6-3-7-13/h2,4-5,8,12-13H,7,9H2,1H3. The average molecular weight is 239 g/mol. The molecule has 0 heterocycles. The zero-order valence-corrected chi connectivity index (χ0v) is 9.71. The third-order valence-electron chi connectivity index (χ3n) is 1.78. The van der Waals surface area contributed by atoms with Crippen molar-refractivity contribution < 1.29 is 13.5 Å². The normalized spacial score (nSPS) is 10.6. The van der Waals surface area contributed by atoms with E-state index in [2.05, 4.69) is 16.6 Å². The fourth-order valence-electron chi connectivity index (χ4n) is 1.12. The van der Waals surface area contributed by atoms with Gasteiger partial charge in [-0.05, 0) is 17.7 Å². The average Bonchev–Trinajstić information content (AvgIpc) is 2.23. The van der Waals surface area contributed by atoms with Gasteiger partial charge in [-0.25, -0.2) is 13.1 Å². The maximum absolute atomic E-state index is 10.9. The quantitative estimate of drug-likeness (QED) is 0.734. The van der Waals surface area contributed by atoms with Gasteiger partial charge in [-0.3, -0.25) is 0 Å². The number of hydrogen-bond acceptors (Lipinski definition) is 3. The zero-order valence-electron chi connectivity index (χ0n) is 8.90. The predicted molar refractivity (Wildman–Crippen MR) is 62.1 cm³/mol. The van der Waals surface area contributed by atoms with Crippen LogP contribution in [-0.4, -0.2) is 26.4 Å². The minimum absolute atomic E-state index is 0.189. The number of rotatable bonds is 3. The molecule has 0 aliphatic carbocycles. The Labute approximate surface area is 95.4 Å². The summed E-state index contributed by atoms with van der Waals surface area (Å²) < 4.78 is 24.2. The Hall–Kier alpha value is -1.35. The lowest BCUT2D eigenvalue weighted by atomic mass is 10.1. The Balaban J connectivity index is 2.75. The van der Waals surface area contributed by atoms with Gasteiger partial charge in [0.25, 0.3) is 0 Å². The van der Waals surface area contributed by atoms with E-state index < -0.39 is 10.0 Å². The van der Waals surface area contributed by atoms with Crippen LogP contribution in [0.2, 0.25) is 0 Å². The summed E-state index contributed by atoms with van der Waals surface area (Å²) in [5, 5.41) is 8.54. The summed E-state index contributed by atoms with van der Waals surface area (Å²) in [7, 11) is -3.18. The van der Waals surface area contributed by atoms with Crippen LogP contribution in [0.25, 0.3) is 0 Å². The number of benzene rings is 1. The van der Waals surface area contributed by atoms with Crippen LogP contribution in [0.1, 0.15) is 11.1 Å². The van der Waals surface area contributed by atoms with E-state index in [-0.39, 0.29) is 13.2 Å². The molecule has 2 N–H and O–H groups in total. The lowest BCUT2D eigenvalue weighted by molar-refractivity contribution is 0.350. The molecule has 0 spiro atoms. The summed E-state index contributed by atoms with van der Waals surface area (Å²) in [6.45, 7) is 0.0549.